The van der Waals surface area contributed by atoms with E-state index in [0.29, 0.717) is 0 Å². The summed E-state index contributed by atoms with van der Waals surface area (Å²) in [6.45, 7) is 4.25. The minimum atomic E-state index is -1.85. The molecule has 0 heterocycles. The highest BCUT2D eigenvalue weighted by Crippen LogP contribution is 2.11. The van der Waals surface area contributed by atoms with Gasteiger partial charge in [0.25, 0.3) is 0 Å². The van der Waals surface area contributed by atoms with Crippen molar-refractivity contribution >= 4 is 23.6 Å². The maximum Gasteiger partial charge on any atom is 0.182 e. The van der Waals surface area contributed by atoms with Crippen LogP contribution in [0.15, 0.2) is 54.6 Å². The summed E-state index contributed by atoms with van der Waals surface area (Å²) in [4.78, 5) is 0. The van der Waals surface area contributed by atoms with Crippen molar-refractivity contribution in [3.05, 3.63) is 65.7 Å². The van der Waals surface area contributed by atoms with E-state index >= 15 is 0 Å². The molecule has 0 nitrogen and oxygen atoms in total. The van der Waals surface area contributed by atoms with Gasteiger partial charge in [-0.15, -0.1) is 0 Å². The summed E-state index contributed by atoms with van der Waals surface area (Å²) in [5, 5.41) is 1.20. The Labute approximate surface area is 114 Å². The average molecular weight is 271 g/mol. The van der Waals surface area contributed by atoms with Crippen LogP contribution in [-0.4, -0.2) is 7.38 Å². The third kappa shape index (κ3) is 3.26. The zero-order chi connectivity index (χ0) is 13.0. The van der Waals surface area contributed by atoms with Crippen LogP contribution in [0.25, 0.3) is 0 Å². The summed E-state index contributed by atoms with van der Waals surface area (Å²) in [5.41, 5.74) is 2.08. The maximum absolute atomic E-state index is 6.52. The van der Waals surface area contributed by atoms with Crippen molar-refractivity contribution in [1.82, 2.24) is 0 Å². The molecule has 0 saturated heterocycles. The summed E-state index contributed by atoms with van der Waals surface area (Å²) >= 11 is 6.52. The van der Waals surface area contributed by atoms with Crippen molar-refractivity contribution in [3.8, 4) is 11.8 Å². The molecule has 0 aromatic heterocycles. The summed E-state index contributed by atoms with van der Waals surface area (Å²) in [6, 6.07) is 18.2. The molecule has 0 spiro atoms. The zero-order valence-corrected chi connectivity index (χ0v) is 12.3. The van der Waals surface area contributed by atoms with Crippen LogP contribution in [0, 0.1) is 11.8 Å². The molecule has 18 heavy (non-hydrogen) atoms. The van der Waals surface area contributed by atoms with Crippen molar-refractivity contribution in [2.75, 3.05) is 0 Å². The van der Waals surface area contributed by atoms with E-state index in [0.717, 1.165) is 11.1 Å². The third-order valence-electron chi connectivity index (χ3n) is 2.68. The molecule has 2 heteroatoms. The highest BCUT2D eigenvalue weighted by atomic mass is 35.6. The van der Waals surface area contributed by atoms with Gasteiger partial charge >= 0.3 is 0 Å². The van der Waals surface area contributed by atoms with Gasteiger partial charge in [0.1, 0.15) is 0 Å². The van der Waals surface area contributed by atoms with E-state index in [-0.39, 0.29) is 0 Å². The molecule has 0 fully saturated rings. The van der Waals surface area contributed by atoms with Crippen LogP contribution in [0.1, 0.15) is 11.1 Å². The second-order valence-corrected chi connectivity index (χ2v) is 11.0. The Kier molecular flexibility index (Phi) is 3.91. The molecular weight excluding hydrogens is 256 g/mol. The second kappa shape index (κ2) is 5.43. The lowest BCUT2D eigenvalue weighted by molar-refractivity contribution is 1.63. The van der Waals surface area contributed by atoms with Crippen molar-refractivity contribution in [2.45, 2.75) is 13.1 Å². The minimum absolute atomic E-state index is 1.03. The molecule has 2 aromatic rings. The molecular formula is C16H15ClSi. The lowest BCUT2D eigenvalue weighted by Gasteiger charge is -2.15. The van der Waals surface area contributed by atoms with E-state index in [4.69, 9.17) is 11.1 Å². The Morgan fingerprint density at radius 3 is 2.11 bits per heavy atom. The Morgan fingerprint density at radius 1 is 0.833 bits per heavy atom. The maximum atomic E-state index is 6.52. The number of halogens is 1. The molecule has 2 aromatic carbocycles. The summed E-state index contributed by atoms with van der Waals surface area (Å²) < 4.78 is 0. The van der Waals surface area contributed by atoms with Crippen LogP contribution >= 0.6 is 11.1 Å². The third-order valence-corrected chi connectivity index (χ3v) is 5.01. The molecule has 0 radical (unpaired) electrons. The SMILES string of the molecule is C[Si](C)(Cl)c1ccccc1C#Cc1ccccc1. The van der Waals surface area contributed by atoms with Gasteiger partial charge in [0.15, 0.2) is 7.38 Å². The highest BCUT2D eigenvalue weighted by molar-refractivity contribution is 7.26. The molecule has 90 valence electrons. The number of rotatable bonds is 1. The van der Waals surface area contributed by atoms with Gasteiger partial charge in [-0.1, -0.05) is 61.3 Å². The molecule has 0 aliphatic carbocycles. The Bertz CT molecular complexity index is 586. The Hall–Kier alpha value is -1.49. The van der Waals surface area contributed by atoms with E-state index in [1.807, 2.05) is 48.5 Å². The molecule has 0 atom stereocenters. The van der Waals surface area contributed by atoms with Gasteiger partial charge in [-0.2, -0.15) is 11.1 Å². The van der Waals surface area contributed by atoms with Gasteiger partial charge in [0.2, 0.25) is 0 Å². The van der Waals surface area contributed by atoms with Gasteiger partial charge in [0.05, 0.1) is 0 Å². The first-order valence-electron chi connectivity index (χ1n) is 5.93. The summed E-state index contributed by atoms with van der Waals surface area (Å²) in [7, 11) is -1.85. The average Bonchev–Trinajstić information content (AvgIpc) is 2.37. The van der Waals surface area contributed by atoms with E-state index in [9.17, 15) is 0 Å². The van der Waals surface area contributed by atoms with Crippen molar-refractivity contribution in [3.63, 3.8) is 0 Å². The fourth-order valence-electron chi connectivity index (χ4n) is 1.77. The highest BCUT2D eigenvalue weighted by Gasteiger charge is 2.22. The first kappa shape index (κ1) is 13.0. The fourth-order valence-corrected chi connectivity index (χ4v) is 3.54. The van der Waals surface area contributed by atoms with Gasteiger partial charge in [-0.3, -0.25) is 0 Å². The molecule has 0 aliphatic heterocycles. The minimum Gasteiger partial charge on any atom is -0.161 e. The predicted octanol–water partition coefficient (Wildman–Crippen LogP) is 3.74. The Morgan fingerprint density at radius 2 is 1.44 bits per heavy atom. The monoisotopic (exact) mass is 270 g/mol. The molecule has 2 rings (SSSR count). The van der Waals surface area contributed by atoms with Crippen LogP contribution < -0.4 is 5.19 Å². The van der Waals surface area contributed by atoms with E-state index in [1.54, 1.807) is 0 Å². The van der Waals surface area contributed by atoms with Crippen LogP contribution in [0.3, 0.4) is 0 Å². The predicted molar refractivity (Wildman–Crippen MR) is 81.8 cm³/mol. The fraction of sp³-hybridized carbons (Fsp3) is 0.125. The lowest BCUT2D eigenvalue weighted by Crippen LogP contribution is -2.37. The van der Waals surface area contributed by atoms with Crippen LogP contribution in [0.5, 0.6) is 0 Å². The standard InChI is InChI=1S/C16H15ClSi/c1-18(2,17)16-11-7-6-10-15(16)13-12-14-8-4-3-5-9-14/h3-11H,1-2H3. The normalized spacial score (nSPS) is 10.6. The summed E-state index contributed by atoms with van der Waals surface area (Å²) in [5.74, 6) is 6.42. The molecule has 0 amide bonds. The van der Waals surface area contributed by atoms with Crippen molar-refractivity contribution < 1.29 is 0 Å². The first-order valence-corrected chi connectivity index (χ1v) is 9.94. The van der Waals surface area contributed by atoms with Gasteiger partial charge in [-0.05, 0) is 23.4 Å². The van der Waals surface area contributed by atoms with Gasteiger partial charge in [-0.25, -0.2) is 0 Å². The largest absolute Gasteiger partial charge is 0.182 e. The van der Waals surface area contributed by atoms with Crippen LogP contribution in [-0.2, 0) is 0 Å². The number of hydrogen-bond donors (Lipinski definition) is 0. The lowest BCUT2D eigenvalue weighted by atomic mass is 10.2. The topological polar surface area (TPSA) is 0 Å². The first-order chi connectivity index (χ1) is 8.57. The summed E-state index contributed by atoms with van der Waals surface area (Å²) in [6.07, 6.45) is 0. The van der Waals surface area contributed by atoms with Crippen LogP contribution in [0.4, 0.5) is 0 Å². The number of benzene rings is 2. The molecule has 0 saturated carbocycles. The van der Waals surface area contributed by atoms with Gasteiger partial charge < -0.3 is 0 Å². The molecule has 0 bridgehead atoms. The smallest absolute Gasteiger partial charge is 0.161 e. The Balaban J connectivity index is 2.39. The van der Waals surface area contributed by atoms with Crippen LogP contribution in [0.2, 0.25) is 13.1 Å². The van der Waals surface area contributed by atoms with Gasteiger partial charge in [0, 0.05) is 11.1 Å². The molecule has 0 aliphatic rings. The number of hydrogen-bond acceptors (Lipinski definition) is 0. The van der Waals surface area contributed by atoms with Crippen molar-refractivity contribution in [1.29, 1.82) is 0 Å². The molecule has 0 N–H and O–H groups in total. The second-order valence-electron chi connectivity index (χ2n) is 4.63. The molecule has 0 unspecified atom stereocenters. The van der Waals surface area contributed by atoms with E-state index < -0.39 is 7.38 Å². The van der Waals surface area contributed by atoms with E-state index in [2.05, 4.69) is 31.0 Å². The van der Waals surface area contributed by atoms with E-state index in [1.165, 1.54) is 5.19 Å². The zero-order valence-electron chi connectivity index (χ0n) is 10.6. The van der Waals surface area contributed by atoms with Crippen molar-refractivity contribution in [2.24, 2.45) is 0 Å². The quantitative estimate of drug-likeness (QED) is 0.421.